The van der Waals surface area contributed by atoms with Crippen LogP contribution in [0.15, 0.2) is 48.9 Å². The molecule has 4 rings (SSSR count). The molecule has 11 nitrogen and oxygen atoms in total. The summed E-state index contributed by atoms with van der Waals surface area (Å²) in [4.78, 5) is 37.5. The van der Waals surface area contributed by atoms with Gasteiger partial charge in [0.05, 0.1) is 24.0 Å². The maximum atomic E-state index is 10.6. The Labute approximate surface area is 248 Å². The van der Waals surface area contributed by atoms with Crippen LogP contribution in [0.1, 0.15) is 24.1 Å². The van der Waals surface area contributed by atoms with Crippen LogP contribution in [0.4, 0.5) is 39.5 Å². The number of carboxylic acid groups (broad SMARTS) is 3. The van der Waals surface area contributed by atoms with Gasteiger partial charge < -0.3 is 24.8 Å². The van der Waals surface area contributed by atoms with Crippen LogP contribution in [0.2, 0.25) is 0 Å². The molecular weight excluding hydrogens is 641 g/mol. The minimum Gasteiger partial charge on any atom is -0.475 e. The van der Waals surface area contributed by atoms with E-state index in [1.165, 1.54) is 5.56 Å². The minimum atomic E-state index is -5.08. The maximum absolute atomic E-state index is 10.6. The second kappa shape index (κ2) is 16.9. The average molecular weight is 667 g/mol. The van der Waals surface area contributed by atoms with Gasteiger partial charge in [-0.1, -0.05) is 6.07 Å². The van der Waals surface area contributed by atoms with E-state index < -0.39 is 36.4 Å². The van der Waals surface area contributed by atoms with Crippen molar-refractivity contribution in [3.8, 4) is 0 Å². The van der Waals surface area contributed by atoms with Crippen molar-refractivity contribution in [2.24, 2.45) is 0 Å². The second-order valence-electron chi connectivity index (χ2n) is 9.19. The molecule has 45 heavy (non-hydrogen) atoms. The van der Waals surface area contributed by atoms with Gasteiger partial charge in [0.2, 0.25) is 0 Å². The Hall–Kier alpha value is -4.04. The van der Waals surface area contributed by atoms with Gasteiger partial charge in [0.15, 0.2) is 0 Å². The predicted molar refractivity (Wildman–Crippen MR) is 131 cm³/mol. The summed E-state index contributed by atoms with van der Waals surface area (Å²) >= 11 is 0. The lowest BCUT2D eigenvalue weighted by Crippen LogP contribution is -2.65. The van der Waals surface area contributed by atoms with Crippen molar-refractivity contribution in [3.05, 3.63) is 60.2 Å². The van der Waals surface area contributed by atoms with Gasteiger partial charge in [-0.3, -0.25) is 14.9 Å². The van der Waals surface area contributed by atoms with E-state index in [-0.39, 0.29) is 11.7 Å². The van der Waals surface area contributed by atoms with Crippen LogP contribution >= 0.6 is 0 Å². The second-order valence-corrected chi connectivity index (χ2v) is 9.19. The number of hydrogen-bond donors (Lipinski definition) is 3. The van der Waals surface area contributed by atoms with E-state index in [4.69, 9.17) is 39.2 Å². The van der Waals surface area contributed by atoms with Crippen molar-refractivity contribution in [1.82, 2.24) is 14.9 Å². The first-order valence-corrected chi connectivity index (χ1v) is 12.3. The molecule has 2 aliphatic heterocycles. The number of rotatable bonds is 5. The van der Waals surface area contributed by atoms with Crippen molar-refractivity contribution < 1.29 is 78.7 Å². The average Bonchev–Trinajstić information content (AvgIpc) is 2.92. The van der Waals surface area contributed by atoms with Gasteiger partial charge in [0, 0.05) is 51.3 Å². The molecule has 0 aliphatic carbocycles. The normalized spacial score (nSPS) is 17.6. The fourth-order valence-electron chi connectivity index (χ4n) is 3.64. The molecular formula is C25H26F9N3O8. The fraction of sp³-hybridized carbons (Fsp3) is 0.480. The van der Waals surface area contributed by atoms with E-state index in [2.05, 4.69) is 20.9 Å². The highest BCUT2D eigenvalue weighted by molar-refractivity contribution is 5.73. The molecule has 3 N–H and O–H groups in total. The first-order valence-electron chi connectivity index (χ1n) is 12.3. The number of pyridine rings is 2. The minimum absolute atomic E-state index is 0.0179. The van der Waals surface area contributed by atoms with E-state index in [1.54, 1.807) is 0 Å². The molecule has 1 atom stereocenters. The smallest absolute Gasteiger partial charge is 0.475 e. The Morgan fingerprint density at radius 2 is 1.33 bits per heavy atom. The largest absolute Gasteiger partial charge is 0.490 e. The monoisotopic (exact) mass is 667 g/mol. The summed E-state index contributed by atoms with van der Waals surface area (Å²) in [6.07, 6.45) is -7.53. The van der Waals surface area contributed by atoms with Gasteiger partial charge in [-0.05, 0) is 36.2 Å². The predicted octanol–water partition coefficient (Wildman–Crippen LogP) is 4.33. The zero-order valence-corrected chi connectivity index (χ0v) is 22.8. The Morgan fingerprint density at radius 3 is 1.76 bits per heavy atom. The molecule has 1 unspecified atom stereocenters. The molecule has 2 aliphatic rings. The Kier molecular flexibility index (Phi) is 14.6. The topological polar surface area (TPSA) is 159 Å². The number of carboxylic acids is 3. The van der Waals surface area contributed by atoms with Crippen LogP contribution in [0, 0.1) is 0 Å². The van der Waals surface area contributed by atoms with Gasteiger partial charge in [0.1, 0.15) is 0 Å². The van der Waals surface area contributed by atoms with Gasteiger partial charge >= 0.3 is 36.4 Å². The van der Waals surface area contributed by atoms with Gasteiger partial charge in [0.25, 0.3) is 0 Å². The molecule has 0 radical (unpaired) electrons. The zero-order chi connectivity index (χ0) is 34.5. The number of alkyl halides is 9. The first kappa shape index (κ1) is 39.0. The quantitative estimate of drug-likeness (QED) is 0.390. The van der Waals surface area contributed by atoms with E-state index >= 15 is 0 Å². The molecule has 2 aromatic rings. The van der Waals surface area contributed by atoms with Crippen LogP contribution in [0.3, 0.4) is 0 Å². The number of carbonyl (C=O) groups is 3. The van der Waals surface area contributed by atoms with Crippen molar-refractivity contribution in [1.29, 1.82) is 0 Å². The number of aromatic nitrogens is 2. The molecule has 0 aromatic carbocycles. The van der Waals surface area contributed by atoms with Gasteiger partial charge in [-0.2, -0.15) is 39.5 Å². The summed E-state index contributed by atoms with van der Waals surface area (Å²) in [5.41, 5.74) is 2.28. The van der Waals surface area contributed by atoms with Crippen LogP contribution in [0.25, 0.3) is 0 Å². The summed E-state index contributed by atoms with van der Waals surface area (Å²) in [5.74, 6) is -8.27. The van der Waals surface area contributed by atoms with Crippen LogP contribution in [0.5, 0.6) is 0 Å². The van der Waals surface area contributed by atoms with Gasteiger partial charge in [-0.15, -0.1) is 0 Å². The van der Waals surface area contributed by atoms with Crippen LogP contribution < -0.4 is 0 Å². The Morgan fingerprint density at radius 1 is 0.844 bits per heavy atom. The SMILES string of the molecule is O=C(O)C(F)(F)F.O=C(O)C(F)(F)F.O=C(O)C(F)(F)F.c1ccc(CN2CC3(CC(OCc4ccncc4)CCO3)C2)nc1. The fourth-order valence-corrected chi connectivity index (χ4v) is 3.64. The molecule has 2 saturated heterocycles. The molecule has 0 saturated carbocycles. The van der Waals surface area contributed by atoms with Crippen molar-refractivity contribution in [2.75, 3.05) is 19.7 Å². The third kappa shape index (κ3) is 15.5. The van der Waals surface area contributed by atoms with E-state index in [1.807, 2.05) is 42.9 Å². The summed E-state index contributed by atoms with van der Waals surface area (Å²) in [7, 11) is 0. The highest BCUT2D eigenvalue weighted by Gasteiger charge is 2.47. The van der Waals surface area contributed by atoms with Crippen molar-refractivity contribution >= 4 is 17.9 Å². The number of hydrogen-bond acceptors (Lipinski definition) is 8. The number of aliphatic carboxylic acids is 3. The zero-order valence-electron chi connectivity index (χ0n) is 22.8. The van der Waals surface area contributed by atoms with E-state index in [0.717, 1.165) is 44.8 Å². The number of halogens is 9. The van der Waals surface area contributed by atoms with Gasteiger partial charge in [-0.25, -0.2) is 14.4 Å². The van der Waals surface area contributed by atoms with Crippen molar-refractivity contribution in [3.63, 3.8) is 0 Å². The maximum Gasteiger partial charge on any atom is 0.490 e. The summed E-state index contributed by atoms with van der Waals surface area (Å²) in [6.45, 7) is 4.28. The molecule has 0 amide bonds. The third-order valence-corrected chi connectivity index (χ3v) is 5.55. The number of ether oxygens (including phenoxy) is 2. The third-order valence-electron chi connectivity index (χ3n) is 5.55. The van der Waals surface area contributed by atoms with Crippen LogP contribution in [-0.2, 0) is 37.0 Å². The Balaban J connectivity index is 0.000000396. The lowest BCUT2D eigenvalue weighted by molar-refractivity contribution is -0.200. The van der Waals surface area contributed by atoms with E-state index in [0.29, 0.717) is 6.61 Å². The lowest BCUT2D eigenvalue weighted by atomic mass is 9.84. The molecule has 1 spiro atoms. The highest BCUT2D eigenvalue weighted by atomic mass is 19.4. The highest BCUT2D eigenvalue weighted by Crippen LogP contribution is 2.36. The molecule has 2 aromatic heterocycles. The first-order chi connectivity index (χ1) is 20.6. The molecule has 20 heteroatoms. The lowest BCUT2D eigenvalue weighted by Gasteiger charge is -2.53. The molecule has 252 valence electrons. The van der Waals surface area contributed by atoms with E-state index in [9.17, 15) is 39.5 Å². The van der Waals surface area contributed by atoms with Crippen molar-refractivity contribution in [2.45, 2.75) is 56.2 Å². The standard InChI is InChI=1S/C19H23N3O2.3C2HF3O2/c1-2-7-21-17(3-1)12-22-14-19(15-22)11-18(6-10-24-19)23-13-16-4-8-20-9-5-16;3*3-2(4,5)1(6)7/h1-5,7-9,18H,6,10-15H2;3*(H,6,7). The van der Waals surface area contributed by atoms with Crippen LogP contribution in [-0.4, -0.2) is 98.0 Å². The molecule has 2 fully saturated rings. The molecule has 4 heterocycles. The summed E-state index contributed by atoms with van der Waals surface area (Å²) in [6, 6.07) is 10.1. The molecule has 0 bridgehead atoms. The Bertz CT molecular complexity index is 1150. The number of nitrogens with zero attached hydrogens (tertiary/aromatic N) is 3. The number of likely N-dealkylation sites (tertiary alicyclic amines) is 1. The summed E-state index contributed by atoms with van der Waals surface area (Å²) in [5, 5.41) is 21.4. The summed E-state index contributed by atoms with van der Waals surface area (Å²) < 4.78 is 107.